The number of nitrogens with zero attached hydrogens (tertiary/aromatic N) is 6. The number of hydrogen-bond donors (Lipinski definition) is 1. The number of pyridine rings is 1. The van der Waals surface area contributed by atoms with Gasteiger partial charge < -0.3 is 20.0 Å². The van der Waals surface area contributed by atoms with E-state index in [9.17, 15) is 5.26 Å². The molecule has 0 bridgehead atoms. The minimum atomic E-state index is 0.269. The second-order valence-corrected chi connectivity index (χ2v) is 10.0. The Hall–Kier alpha value is -3.24. The second-order valence-electron chi connectivity index (χ2n) is 10.0. The first-order valence-corrected chi connectivity index (χ1v) is 12.4. The standard InChI is InChI=1S/C27H35N7/c1-19(2)33(23-10-5-8-20-9-7-14-29-27(20)23)18-22-24(16-28)34-25(30-22)11-6-12-26(34)32-15-13-21(17-32)31(3)4/h5-6,8,10-12,19,21,29H,7,9,13-15,17-18H2,1-4H3/t21-/m1/s1. The van der Waals surface area contributed by atoms with Crippen LogP contribution in [0.2, 0.25) is 0 Å². The topological polar surface area (TPSA) is 62.8 Å². The first-order valence-electron chi connectivity index (χ1n) is 12.4. The summed E-state index contributed by atoms with van der Waals surface area (Å²) in [4.78, 5) is 12.0. The van der Waals surface area contributed by atoms with Gasteiger partial charge in [0.15, 0.2) is 5.69 Å². The fourth-order valence-corrected chi connectivity index (χ4v) is 5.40. The molecule has 2 aromatic heterocycles. The van der Waals surface area contributed by atoms with Crippen LogP contribution in [-0.2, 0) is 13.0 Å². The quantitative estimate of drug-likeness (QED) is 0.601. The van der Waals surface area contributed by atoms with Gasteiger partial charge in [-0.05, 0) is 71.0 Å². The summed E-state index contributed by atoms with van der Waals surface area (Å²) in [5, 5.41) is 13.9. The van der Waals surface area contributed by atoms with Crippen LogP contribution in [0, 0.1) is 11.3 Å². The van der Waals surface area contributed by atoms with Crippen LogP contribution in [0.1, 0.15) is 43.6 Å². The summed E-state index contributed by atoms with van der Waals surface area (Å²) in [5.41, 5.74) is 6.12. The molecule has 34 heavy (non-hydrogen) atoms. The molecule has 2 aliphatic rings. The van der Waals surface area contributed by atoms with Crippen molar-refractivity contribution < 1.29 is 0 Å². The second kappa shape index (κ2) is 9.19. The van der Waals surface area contributed by atoms with Crippen molar-refractivity contribution in [2.24, 2.45) is 0 Å². The number of benzene rings is 1. The highest BCUT2D eigenvalue weighted by molar-refractivity contribution is 5.75. The molecule has 0 aliphatic carbocycles. The van der Waals surface area contributed by atoms with Crippen LogP contribution in [0.3, 0.4) is 0 Å². The number of imidazole rings is 1. The van der Waals surface area contributed by atoms with E-state index >= 15 is 0 Å². The zero-order valence-electron chi connectivity index (χ0n) is 20.8. The molecule has 2 aliphatic heterocycles. The molecule has 3 aromatic rings. The van der Waals surface area contributed by atoms with Crippen LogP contribution in [0.4, 0.5) is 17.2 Å². The molecule has 1 fully saturated rings. The molecule has 0 radical (unpaired) electrons. The van der Waals surface area contributed by atoms with E-state index in [0.717, 1.165) is 56.1 Å². The molecule has 1 atom stereocenters. The third kappa shape index (κ3) is 3.97. The molecule has 4 heterocycles. The van der Waals surface area contributed by atoms with E-state index in [2.05, 4.69) is 88.8 Å². The van der Waals surface area contributed by atoms with Gasteiger partial charge in [0, 0.05) is 31.7 Å². The highest BCUT2D eigenvalue weighted by Crippen LogP contribution is 2.35. The molecule has 0 saturated carbocycles. The van der Waals surface area contributed by atoms with Crippen molar-refractivity contribution in [1.82, 2.24) is 14.3 Å². The summed E-state index contributed by atoms with van der Waals surface area (Å²) in [6.07, 6.45) is 3.39. The van der Waals surface area contributed by atoms with Crippen LogP contribution in [0.15, 0.2) is 36.4 Å². The number of hydrogen-bond acceptors (Lipinski definition) is 6. The Labute approximate surface area is 202 Å². The Bertz CT molecular complexity index is 1220. The van der Waals surface area contributed by atoms with E-state index in [1.165, 1.54) is 16.9 Å². The fourth-order valence-electron chi connectivity index (χ4n) is 5.40. The Morgan fingerprint density at radius 3 is 2.76 bits per heavy atom. The Morgan fingerprint density at radius 1 is 1.21 bits per heavy atom. The molecule has 0 unspecified atom stereocenters. The number of rotatable bonds is 6. The molecular formula is C27H35N7. The summed E-state index contributed by atoms with van der Waals surface area (Å²) in [6, 6.07) is 16.0. The van der Waals surface area contributed by atoms with Crippen LogP contribution < -0.4 is 15.1 Å². The minimum Gasteiger partial charge on any atom is -0.383 e. The van der Waals surface area contributed by atoms with Crippen molar-refractivity contribution >= 4 is 22.8 Å². The van der Waals surface area contributed by atoms with Crippen LogP contribution in [-0.4, -0.2) is 60.1 Å². The zero-order valence-corrected chi connectivity index (χ0v) is 20.8. The van der Waals surface area contributed by atoms with Gasteiger partial charge in [0.1, 0.15) is 17.5 Å². The molecule has 178 valence electrons. The van der Waals surface area contributed by atoms with Crippen molar-refractivity contribution in [3.8, 4) is 6.07 Å². The molecular weight excluding hydrogens is 422 g/mol. The largest absolute Gasteiger partial charge is 0.383 e. The number of nitrogens with one attached hydrogen (secondary N) is 1. The normalized spacial score (nSPS) is 17.8. The Balaban J connectivity index is 1.54. The maximum Gasteiger partial charge on any atom is 0.151 e. The van der Waals surface area contributed by atoms with E-state index in [-0.39, 0.29) is 6.04 Å². The number of para-hydroxylation sites is 1. The molecule has 1 aromatic carbocycles. The monoisotopic (exact) mass is 457 g/mol. The molecule has 7 nitrogen and oxygen atoms in total. The Kier molecular flexibility index (Phi) is 6.09. The van der Waals surface area contributed by atoms with Gasteiger partial charge in [-0.1, -0.05) is 18.2 Å². The highest BCUT2D eigenvalue weighted by Gasteiger charge is 2.28. The fraction of sp³-hybridized carbons (Fsp3) is 0.481. The maximum atomic E-state index is 10.3. The van der Waals surface area contributed by atoms with Crippen molar-refractivity contribution in [1.29, 1.82) is 5.26 Å². The molecule has 1 N–H and O–H groups in total. The van der Waals surface area contributed by atoms with Gasteiger partial charge in [-0.2, -0.15) is 5.26 Å². The maximum absolute atomic E-state index is 10.3. The van der Waals surface area contributed by atoms with Crippen molar-refractivity contribution in [2.45, 2.75) is 51.7 Å². The highest BCUT2D eigenvalue weighted by atomic mass is 15.3. The van der Waals surface area contributed by atoms with E-state index in [0.29, 0.717) is 18.3 Å². The molecule has 5 rings (SSSR count). The van der Waals surface area contributed by atoms with Gasteiger partial charge in [-0.25, -0.2) is 4.98 Å². The number of likely N-dealkylation sites (N-methyl/N-ethyl adjacent to an activating group) is 1. The summed E-state index contributed by atoms with van der Waals surface area (Å²) in [6.45, 7) is 7.97. The average Bonchev–Trinajstić information content (AvgIpc) is 3.47. The van der Waals surface area contributed by atoms with Crippen molar-refractivity contribution in [3.63, 3.8) is 0 Å². The Morgan fingerprint density at radius 2 is 2.03 bits per heavy atom. The lowest BCUT2D eigenvalue weighted by Crippen LogP contribution is -2.32. The molecule has 7 heteroatoms. The van der Waals surface area contributed by atoms with E-state index in [1.807, 2.05) is 6.07 Å². The van der Waals surface area contributed by atoms with E-state index < -0.39 is 0 Å². The van der Waals surface area contributed by atoms with Crippen molar-refractivity contribution in [2.75, 3.05) is 48.8 Å². The SMILES string of the molecule is CC(C)N(Cc1nc2cccc(N3CC[C@@H](N(C)C)C3)n2c1C#N)c1cccc2c1NCCC2. The number of anilines is 3. The van der Waals surface area contributed by atoms with Crippen LogP contribution >= 0.6 is 0 Å². The average molecular weight is 458 g/mol. The number of aromatic nitrogens is 2. The molecule has 0 amide bonds. The van der Waals surface area contributed by atoms with Gasteiger partial charge in [-0.15, -0.1) is 0 Å². The number of aryl methyl sites for hydroxylation is 1. The summed E-state index contributed by atoms with van der Waals surface area (Å²) in [5.74, 6) is 1.06. The van der Waals surface area contributed by atoms with Gasteiger partial charge in [-0.3, -0.25) is 4.40 Å². The third-order valence-corrected chi connectivity index (χ3v) is 7.33. The van der Waals surface area contributed by atoms with Gasteiger partial charge in [0.05, 0.1) is 23.6 Å². The first-order chi connectivity index (χ1) is 16.5. The third-order valence-electron chi connectivity index (χ3n) is 7.33. The lowest BCUT2D eigenvalue weighted by Gasteiger charge is -2.33. The van der Waals surface area contributed by atoms with Crippen molar-refractivity contribution in [3.05, 3.63) is 53.3 Å². The number of fused-ring (bicyclic) bond motifs is 2. The minimum absolute atomic E-state index is 0.269. The summed E-state index contributed by atoms with van der Waals surface area (Å²) >= 11 is 0. The first kappa shape index (κ1) is 22.5. The molecule has 1 saturated heterocycles. The van der Waals surface area contributed by atoms with E-state index in [4.69, 9.17) is 4.98 Å². The van der Waals surface area contributed by atoms with Gasteiger partial charge in [0.2, 0.25) is 0 Å². The summed E-state index contributed by atoms with van der Waals surface area (Å²) in [7, 11) is 4.28. The predicted octanol–water partition coefficient (Wildman–Crippen LogP) is 4.12. The van der Waals surface area contributed by atoms with Gasteiger partial charge >= 0.3 is 0 Å². The van der Waals surface area contributed by atoms with E-state index in [1.54, 1.807) is 0 Å². The number of nitriles is 1. The van der Waals surface area contributed by atoms with Gasteiger partial charge in [0.25, 0.3) is 0 Å². The lowest BCUT2D eigenvalue weighted by molar-refractivity contribution is 0.315. The lowest BCUT2D eigenvalue weighted by atomic mass is 10.0. The molecule has 0 spiro atoms. The predicted molar refractivity (Wildman–Crippen MR) is 139 cm³/mol. The smallest absolute Gasteiger partial charge is 0.151 e. The summed E-state index contributed by atoms with van der Waals surface area (Å²) < 4.78 is 2.06. The van der Waals surface area contributed by atoms with Crippen LogP contribution in [0.25, 0.3) is 5.65 Å². The van der Waals surface area contributed by atoms with Crippen LogP contribution in [0.5, 0.6) is 0 Å². The zero-order chi connectivity index (χ0) is 23.8.